The van der Waals surface area contributed by atoms with Gasteiger partial charge in [-0.2, -0.15) is 0 Å². The molecule has 0 amide bonds. The van der Waals surface area contributed by atoms with Crippen LogP contribution in [0.4, 0.5) is 0 Å². The summed E-state index contributed by atoms with van der Waals surface area (Å²) in [7, 11) is 0. The van der Waals surface area contributed by atoms with Crippen molar-refractivity contribution in [2.75, 3.05) is 0 Å². The zero-order valence-corrected chi connectivity index (χ0v) is 12.1. The molecule has 1 heterocycles. The maximum absolute atomic E-state index is 11.7. The van der Waals surface area contributed by atoms with E-state index in [1.54, 1.807) is 11.3 Å². The van der Waals surface area contributed by atoms with Crippen molar-refractivity contribution in [1.82, 2.24) is 4.98 Å². The Morgan fingerprint density at radius 1 is 1.44 bits per heavy atom. The third-order valence-corrected chi connectivity index (χ3v) is 5.32. The fourth-order valence-corrected chi connectivity index (χ4v) is 3.76. The van der Waals surface area contributed by atoms with Crippen LogP contribution in [-0.2, 0) is 11.2 Å². The van der Waals surface area contributed by atoms with Crippen LogP contribution in [0, 0.1) is 25.2 Å². The minimum absolute atomic E-state index is 0.566. The summed E-state index contributed by atoms with van der Waals surface area (Å²) < 4.78 is 0. The number of rotatable bonds is 3. The van der Waals surface area contributed by atoms with Gasteiger partial charge in [-0.3, -0.25) is 4.79 Å². The molecule has 0 spiro atoms. The molecule has 100 valence electrons. The van der Waals surface area contributed by atoms with Crippen molar-refractivity contribution in [3.05, 3.63) is 15.6 Å². The number of aliphatic carboxylic acids is 1. The van der Waals surface area contributed by atoms with Crippen LogP contribution in [0.5, 0.6) is 0 Å². The number of hydrogen-bond acceptors (Lipinski definition) is 3. The Hall–Kier alpha value is -0.900. The van der Waals surface area contributed by atoms with Crippen molar-refractivity contribution in [1.29, 1.82) is 0 Å². The second-order valence-electron chi connectivity index (χ2n) is 5.69. The van der Waals surface area contributed by atoms with Gasteiger partial charge in [0.15, 0.2) is 0 Å². The van der Waals surface area contributed by atoms with Gasteiger partial charge in [-0.25, -0.2) is 4.98 Å². The molecule has 1 aromatic rings. The first-order chi connectivity index (χ1) is 8.43. The Balaban J connectivity index is 2.18. The summed E-state index contributed by atoms with van der Waals surface area (Å²) in [5, 5.41) is 10.6. The molecular formula is C14H21NO2S. The molecule has 1 saturated carbocycles. The van der Waals surface area contributed by atoms with Gasteiger partial charge in [0.1, 0.15) is 0 Å². The monoisotopic (exact) mass is 267 g/mol. The molecule has 0 aliphatic heterocycles. The third-order valence-electron chi connectivity index (χ3n) is 4.25. The molecule has 1 N–H and O–H groups in total. The summed E-state index contributed by atoms with van der Waals surface area (Å²) in [5.41, 5.74) is 0.475. The van der Waals surface area contributed by atoms with Crippen molar-refractivity contribution >= 4 is 17.3 Å². The maximum atomic E-state index is 11.7. The van der Waals surface area contributed by atoms with Crippen LogP contribution in [0.15, 0.2) is 0 Å². The van der Waals surface area contributed by atoms with E-state index in [1.165, 1.54) is 4.88 Å². The van der Waals surface area contributed by atoms with E-state index in [2.05, 4.69) is 11.9 Å². The first-order valence-electron chi connectivity index (χ1n) is 6.59. The maximum Gasteiger partial charge on any atom is 0.310 e. The van der Waals surface area contributed by atoms with Crippen LogP contribution in [-0.4, -0.2) is 16.1 Å². The minimum atomic E-state index is -0.639. The lowest BCUT2D eigenvalue weighted by Gasteiger charge is -2.35. The number of carboxylic acids is 1. The Bertz CT molecular complexity index is 425. The van der Waals surface area contributed by atoms with E-state index in [-0.39, 0.29) is 0 Å². The van der Waals surface area contributed by atoms with E-state index >= 15 is 0 Å². The summed E-state index contributed by atoms with van der Waals surface area (Å²) in [6, 6.07) is 0. The van der Waals surface area contributed by atoms with E-state index in [4.69, 9.17) is 0 Å². The number of carbonyl (C=O) groups is 1. The summed E-state index contributed by atoms with van der Waals surface area (Å²) >= 11 is 1.65. The molecule has 18 heavy (non-hydrogen) atoms. The Morgan fingerprint density at radius 2 is 2.06 bits per heavy atom. The van der Waals surface area contributed by atoms with Crippen LogP contribution in [0.1, 0.15) is 48.2 Å². The largest absolute Gasteiger partial charge is 0.481 e. The van der Waals surface area contributed by atoms with Crippen LogP contribution >= 0.6 is 11.3 Å². The van der Waals surface area contributed by atoms with Gasteiger partial charge in [0.25, 0.3) is 0 Å². The molecule has 0 atom stereocenters. The molecule has 0 aromatic carbocycles. The molecule has 1 fully saturated rings. The smallest absolute Gasteiger partial charge is 0.310 e. The standard InChI is InChI=1S/C14H21NO2S/c1-9-4-6-14(7-5-9,13(16)17)8-12-15-10(2)11(3)18-12/h9H,4-8H2,1-3H3,(H,16,17). The highest BCUT2D eigenvalue weighted by Gasteiger charge is 2.41. The van der Waals surface area contributed by atoms with Crippen LogP contribution in [0.2, 0.25) is 0 Å². The number of thiazole rings is 1. The van der Waals surface area contributed by atoms with Crippen LogP contribution < -0.4 is 0 Å². The lowest BCUT2D eigenvalue weighted by atomic mass is 9.69. The van der Waals surface area contributed by atoms with E-state index in [0.29, 0.717) is 12.3 Å². The van der Waals surface area contributed by atoms with Gasteiger partial charge >= 0.3 is 5.97 Å². The highest BCUT2D eigenvalue weighted by Crippen LogP contribution is 2.42. The summed E-state index contributed by atoms with van der Waals surface area (Å²) in [4.78, 5) is 17.4. The SMILES string of the molecule is Cc1nc(CC2(C(=O)O)CCC(C)CC2)sc1C. The summed E-state index contributed by atoms with van der Waals surface area (Å²) in [5.74, 6) is 0.0251. The molecule has 0 unspecified atom stereocenters. The Kier molecular flexibility index (Phi) is 3.76. The van der Waals surface area contributed by atoms with Crippen molar-refractivity contribution in [3.63, 3.8) is 0 Å². The molecule has 4 heteroatoms. The minimum Gasteiger partial charge on any atom is -0.481 e. The molecule has 1 aromatic heterocycles. The first-order valence-corrected chi connectivity index (χ1v) is 7.41. The normalized spacial score (nSPS) is 28.3. The van der Waals surface area contributed by atoms with Crippen LogP contribution in [0.25, 0.3) is 0 Å². The number of aromatic nitrogens is 1. The van der Waals surface area contributed by atoms with E-state index < -0.39 is 11.4 Å². The topological polar surface area (TPSA) is 50.2 Å². The Labute approximate surface area is 112 Å². The number of hydrogen-bond donors (Lipinski definition) is 1. The average molecular weight is 267 g/mol. The molecule has 1 aliphatic rings. The first kappa shape index (κ1) is 13.5. The van der Waals surface area contributed by atoms with Crippen molar-refractivity contribution < 1.29 is 9.90 Å². The fourth-order valence-electron chi connectivity index (χ4n) is 2.69. The summed E-state index contributed by atoms with van der Waals surface area (Å²) in [6.45, 7) is 6.25. The zero-order chi connectivity index (χ0) is 13.3. The molecule has 1 aliphatic carbocycles. The van der Waals surface area contributed by atoms with E-state index in [9.17, 15) is 9.90 Å². The fraction of sp³-hybridized carbons (Fsp3) is 0.714. The third kappa shape index (κ3) is 2.58. The predicted molar refractivity (Wildman–Crippen MR) is 73.0 cm³/mol. The van der Waals surface area contributed by atoms with Gasteiger partial charge < -0.3 is 5.11 Å². The second kappa shape index (κ2) is 5.00. The van der Waals surface area contributed by atoms with Gasteiger partial charge in [0, 0.05) is 11.3 Å². The van der Waals surface area contributed by atoms with Crippen molar-refractivity contribution in [2.24, 2.45) is 11.3 Å². The summed E-state index contributed by atoms with van der Waals surface area (Å²) in [6.07, 6.45) is 4.24. The van der Waals surface area contributed by atoms with Gasteiger partial charge in [0.05, 0.1) is 16.1 Å². The lowest BCUT2D eigenvalue weighted by molar-refractivity contribution is -0.151. The molecular weight excluding hydrogens is 246 g/mol. The highest BCUT2D eigenvalue weighted by atomic mass is 32.1. The highest BCUT2D eigenvalue weighted by molar-refractivity contribution is 7.11. The molecule has 2 rings (SSSR count). The van der Waals surface area contributed by atoms with Crippen LogP contribution in [0.3, 0.4) is 0 Å². The quantitative estimate of drug-likeness (QED) is 0.910. The predicted octanol–water partition coefficient (Wildman–Crippen LogP) is 3.58. The zero-order valence-electron chi connectivity index (χ0n) is 11.3. The van der Waals surface area contributed by atoms with E-state index in [1.807, 2.05) is 13.8 Å². The molecule has 3 nitrogen and oxygen atoms in total. The van der Waals surface area contributed by atoms with Gasteiger partial charge in [0.2, 0.25) is 0 Å². The molecule has 0 saturated heterocycles. The van der Waals surface area contributed by atoms with E-state index in [0.717, 1.165) is 36.4 Å². The number of nitrogens with zero attached hydrogens (tertiary/aromatic N) is 1. The van der Waals surface area contributed by atoms with Gasteiger partial charge in [-0.15, -0.1) is 11.3 Å². The second-order valence-corrected chi connectivity index (χ2v) is 6.98. The Morgan fingerprint density at radius 3 is 2.50 bits per heavy atom. The molecule has 0 radical (unpaired) electrons. The van der Waals surface area contributed by atoms with Crippen molar-refractivity contribution in [2.45, 2.75) is 52.9 Å². The molecule has 0 bridgehead atoms. The lowest BCUT2D eigenvalue weighted by Crippen LogP contribution is -2.37. The average Bonchev–Trinajstić information content (AvgIpc) is 2.61. The van der Waals surface area contributed by atoms with Crippen molar-refractivity contribution in [3.8, 4) is 0 Å². The number of aryl methyl sites for hydroxylation is 2. The number of carboxylic acid groups (broad SMARTS) is 1. The van der Waals surface area contributed by atoms with Gasteiger partial charge in [-0.1, -0.05) is 6.92 Å². The van der Waals surface area contributed by atoms with Gasteiger partial charge in [-0.05, 0) is 45.4 Å².